The molecule has 1 aromatic rings. The van der Waals surface area contributed by atoms with Crippen molar-refractivity contribution in [2.45, 2.75) is 57.9 Å². The first-order valence-electron chi connectivity index (χ1n) is 8.37. The van der Waals surface area contributed by atoms with Gasteiger partial charge in [-0.1, -0.05) is 36.8 Å². The Morgan fingerprint density at radius 3 is 2.38 bits per heavy atom. The summed E-state index contributed by atoms with van der Waals surface area (Å²) in [6, 6.07) is 9.88. The highest BCUT2D eigenvalue weighted by Gasteiger charge is 2.37. The lowest BCUT2D eigenvalue weighted by molar-refractivity contribution is -0.0551. The van der Waals surface area contributed by atoms with Crippen molar-refractivity contribution in [2.24, 2.45) is 0 Å². The third kappa shape index (κ3) is 3.31. The Morgan fingerprint density at radius 2 is 1.81 bits per heavy atom. The molecule has 3 heteroatoms. The van der Waals surface area contributed by atoms with Gasteiger partial charge in [0.05, 0.1) is 12.2 Å². The van der Waals surface area contributed by atoms with Crippen LogP contribution < -0.4 is 5.32 Å². The summed E-state index contributed by atoms with van der Waals surface area (Å²) in [6.07, 6.45) is 3.41. The molecular weight excluding hydrogens is 260 g/mol. The maximum absolute atomic E-state index is 5.98. The van der Waals surface area contributed by atoms with E-state index < -0.39 is 0 Å². The molecule has 4 atom stereocenters. The molecule has 0 aliphatic carbocycles. The Labute approximate surface area is 128 Å². The van der Waals surface area contributed by atoms with Crippen LogP contribution in [0, 0.1) is 6.92 Å². The maximum Gasteiger partial charge on any atom is 0.0707 e. The van der Waals surface area contributed by atoms with Crippen LogP contribution in [0.25, 0.3) is 0 Å². The lowest BCUT2D eigenvalue weighted by atomic mass is 9.97. The number of ether oxygens (including phenoxy) is 1. The predicted molar refractivity (Wildman–Crippen MR) is 86.5 cm³/mol. The van der Waals surface area contributed by atoms with Gasteiger partial charge in [-0.15, -0.1) is 0 Å². The minimum atomic E-state index is 0.396. The number of nitrogens with one attached hydrogen (secondary N) is 1. The van der Waals surface area contributed by atoms with Gasteiger partial charge in [0.2, 0.25) is 0 Å². The van der Waals surface area contributed by atoms with Gasteiger partial charge in [-0.3, -0.25) is 4.90 Å². The van der Waals surface area contributed by atoms with E-state index in [4.69, 9.17) is 4.74 Å². The third-order valence-corrected chi connectivity index (χ3v) is 4.99. The van der Waals surface area contributed by atoms with Crippen LogP contribution >= 0.6 is 0 Å². The molecule has 2 saturated heterocycles. The molecule has 2 aliphatic heterocycles. The first-order valence-corrected chi connectivity index (χ1v) is 8.37. The monoisotopic (exact) mass is 288 g/mol. The normalized spacial score (nSPS) is 28.5. The first kappa shape index (κ1) is 15.0. The summed E-state index contributed by atoms with van der Waals surface area (Å²) in [6.45, 7) is 9.88. The molecule has 2 fully saturated rings. The number of rotatable bonds is 5. The van der Waals surface area contributed by atoms with E-state index in [0.29, 0.717) is 24.3 Å². The van der Waals surface area contributed by atoms with Gasteiger partial charge in [-0.2, -0.15) is 0 Å². The van der Waals surface area contributed by atoms with Crippen LogP contribution in [0.5, 0.6) is 0 Å². The quantitative estimate of drug-likeness (QED) is 0.901. The van der Waals surface area contributed by atoms with Crippen LogP contribution in [0.15, 0.2) is 24.3 Å². The lowest BCUT2D eigenvalue weighted by Gasteiger charge is -2.40. The fourth-order valence-corrected chi connectivity index (χ4v) is 3.75. The van der Waals surface area contributed by atoms with Gasteiger partial charge < -0.3 is 10.1 Å². The Balaban J connectivity index is 1.75. The molecule has 0 spiro atoms. The fraction of sp³-hybridized carbons (Fsp3) is 0.667. The average molecular weight is 288 g/mol. The number of likely N-dealkylation sites (tertiary alicyclic amines) is 1. The zero-order valence-electron chi connectivity index (χ0n) is 13.5. The zero-order valence-corrected chi connectivity index (χ0v) is 13.5. The molecule has 0 saturated carbocycles. The largest absolute Gasteiger partial charge is 0.372 e. The highest BCUT2D eigenvalue weighted by Crippen LogP contribution is 2.30. The van der Waals surface area contributed by atoms with E-state index >= 15 is 0 Å². The van der Waals surface area contributed by atoms with Crippen molar-refractivity contribution >= 4 is 0 Å². The predicted octanol–water partition coefficient (Wildman–Crippen LogP) is 2.90. The molecule has 3 rings (SSSR count). The highest BCUT2D eigenvalue weighted by atomic mass is 16.5. The van der Waals surface area contributed by atoms with Crippen molar-refractivity contribution in [1.82, 2.24) is 10.2 Å². The number of likely N-dealkylation sites (N-methyl/N-ethyl adjacent to an activating group) is 1. The summed E-state index contributed by atoms with van der Waals surface area (Å²) in [5, 5.41) is 3.68. The third-order valence-electron chi connectivity index (χ3n) is 4.99. The summed E-state index contributed by atoms with van der Waals surface area (Å²) in [5.74, 6) is 0. The summed E-state index contributed by atoms with van der Waals surface area (Å²) in [7, 11) is 0. The summed E-state index contributed by atoms with van der Waals surface area (Å²) < 4.78 is 5.98. The Bertz CT molecular complexity index is 447. The molecule has 116 valence electrons. The van der Waals surface area contributed by atoms with E-state index in [2.05, 4.69) is 55.3 Å². The fourth-order valence-electron chi connectivity index (χ4n) is 3.75. The summed E-state index contributed by atoms with van der Waals surface area (Å²) in [4.78, 5) is 2.62. The molecule has 1 N–H and O–H groups in total. The molecule has 0 aromatic heterocycles. The van der Waals surface area contributed by atoms with Crippen LogP contribution in [0.1, 0.15) is 43.9 Å². The minimum Gasteiger partial charge on any atom is -0.372 e. The van der Waals surface area contributed by atoms with Crippen molar-refractivity contribution < 1.29 is 4.74 Å². The van der Waals surface area contributed by atoms with Crippen molar-refractivity contribution in [3.05, 3.63) is 35.4 Å². The van der Waals surface area contributed by atoms with Crippen LogP contribution in [0.2, 0.25) is 0 Å². The number of aryl methyl sites for hydroxylation is 1. The number of benzene rings is 1. The molecule has 4 unspecified atom stereocenters. The second kappa shape index (κ2) is 6.47. The van der Waals surface area contributed by atoms with E-state index in [0.717, 1.165) is 19.6 Å². The van der Waals surface area contributed by atoms with Crippen molar-refractivity contribution in [1.29, 1.82) is 0 Å². The highest BCUT2D eigenvalue weighted by molar-refractivity contribution is 5.25. The van der Waals surface area contributed by atoms with Crippen LogP contribution in [-0.2, 0) is 4.74 Å². The second-order valence-electron chi connectivity index (χ2n) is 6.60. The summed E-state index contributed by atoms with van der Waals surface area (Å²) >= 11 is 0. The molecular formula is C18H28N2O. The topological polar surface area (TPSA) is 24.5 Å². The van der Waals surface area contributed by atoms with Crippen molar-refractivity contribution in [2.75, 3.05) is 19.6 Å². The smallest absolute Gasteiger partial charge is 0.0707 e. The van der Waals surface area contributed by atoms with Gasteiger partial charge in [-0.05, 0) is 38.8 Å². The van der Waals surface area contributed by atoms with Crippen molar-refractivity contribution in [3.63, 3.8) is 0 Å². The maximum atomic E-state index is 5.98. The molecule has 2 aliphatic rings. The van der Waals surface area contributed by atoms with Crippen LogP contribution in [-0.4, -0.2) is 42.8 Å². The molecule has 0 radical (unpaired) electrons. The Hall–Kier alpha value is -0.900. The molecule has 3 nitrogen and oxygen atoms in total. The standard InChI is InChI=1S/C18H28N2O/c1-4-19-18(15-7-5-13(2)6-8-15)14(3)20-11-16-9-10-17(12-20)21-16/h5-8,14,16-19H,4,9-12H2,1-3H3. The van der Waals surface area contributed by atoms with E-state index in [-0.39, 0.29) is 0 Å². The van der Waals surface area contributed by atoms with Crippen molar-refractivity contribution in [3.8, 4) is 0 Å². The SMILES string of the molecule is CCNC(c1ccc(C)cc1)C(C)N1CC2CCC(C1)O2. The van der Waals surface area contributed by atoms with Gasteiger partial charge in [0.1, 0.15) is 0 Å². The molecule has 1 aromatic carbocycles. The number of nitrogens with zero attached hydrogens (tertiary/aromatic N) is 1. The van der Waals surface area contributed by atoms with E-state index in [1.165, 1.54) is 24.0 Å². The van der Waals surface area contributed by atoms with Gasteiger partial charge in [-0.25, -0.2) is 0 Å². The minimum absolute atomic E-state index is 0.396. The Morgan fingerprint density at radius 1 is 1.19 bits per heavy atom. The zero-order chi connectivity index (χ0) is 14.8. The van der Waals surface area contributed by atoms with Crippen LogP contribution in [0.3, 0.4) is 0 Å². The van der Waals surface area contributed by atoms with Crippen LogP contribution in [0.4, 0.5) is 0 Å². The first-order chi connectivity index (χ1) is 10.2. The van der Waals surface area contributed by atoms with Gasteiger partial charge in [0, 0.05) is 25.2 Å². The summed E-state index contributed by atoms with van der Waals surface area (Å²) in [5.41, 5.74) is 2.72. The Kier molecular flexibility index (Phi) is 4.63. The molecule has 0 amide bonds. The second-order valence-corrected chi connectivity index (χ2v) is 6.60. The number of hydrogen-bond acceptors (Lipinski definition) is 3. The molecule has 21 heavy (non-hydrogen) atoms. The molecule has 2 heterocycles. The van der Waals surface area contributed by atoms with E-state index in [9.17, 15) is 0 Å². The number of morpholine rings is 1. The number of fused-ring (bicyclic) bond motifs is 2. The van der Waals surface area contributed by atoms with Gasteiger partial charge in [0.15, 0.2) is 0 Å². The molecule has 2 bridgehead atoms. The van der Waals surface area contributed by atoms with Gasteiger partial charge in [0.25, 0.3) is 0 Å². The lowest BCUT2D eigenvalue weighted by Crippen LogP contribution is -2.51. The average Bonchev–Trinajstić information content (AvgIpc) is 2.83. The van der Waals surface area contributed by atoms with E-state index in [1.54, 1.807) is 0 Å². The number of hydrogen-bond donors (Lipinski definition) is 1. The van der Waals surface area contributed by atoms with Gasteiger partial charge >= 0.3 is 0 Å². The van der Waals surface area contributed by atoms with E-state index in [1.807, 2.05) is 0 Å².